The minimum absolute atomic E-state index is 0.697. The summed E-state index contributed by atoms with van der Waals surface area (Å²) in [6.45, 7) is 4.97. The number of ether oxygens (including phenoxy) is 2. The third kappa shape index (κ3) is 3.39. The van der Waals surface area contributed by atoms with Crippen molar-refractivity contribution in [3.05, 3.63) is 39.6 Å². The largest absolute Gasteiger partial charge is 0.490 e. The molecule has 0 atom stereocenters. The number of hydrogen-bond acceptors (Lipinski definition) is 4. The predicted octanol–water partition coefficient (Wildman–Crippen LogP) is 2.93. The Labute approximate surface area is 132 Å². The van der Waals surface area contributed by atoms with Gasteiger partial charge in [0.2, 0.25) is 0 Å². The number of fused-ring (bicyclic) bond motifs is 1. The average Bonchev–Trinajstić information content (AvgIpc) is 2.73. The monoisotopic (exact) mass is 351 g/mol. The van der Waals surface area contributed by atoms with Crippen molar-refractivity contribution in [2.45, 2.75) is 26.4 Å². The molecule has 2 heterocycles. The van der Waals surface area contributed by atoms with Gasteiger partial charge in [0.15, 0.2) is 11.5 Å². The van der Waals surface area contributed by atoms with E-state index < -0.39 is 0 Å². The Balaban J connectivity index is 1.67. The van der Waals surface area contributed by atoms with Gasteiger partial charge in [0.25, 0.3) is 0 Å². The van der Waals surface area contributed by atoms with Crippen molar-refractivity contribution in [3.8, 4) is 11.5 Å². The number of nitrogens with one attached hydrogen (secondary N) is 2. The van der Waals surface area contributed by atoms with Gasteiger partial charge in [0, 0.05) is 30.8 Å². The zero-order valence-electron chi connectivity index (χ0n) is 11.9. The second-order valence-electron chi connectivity index (χ2n) is 5.08. The number of benzene rings is 1. The van der Waals surface area contributed by atoms with E-state index in [-0.39, 0.29) is 0 Å². The lowest BCUT2D eigenvalue weighted by Gasteiger charge is -2.12. The van der Waals surface area contributed by atoms with Gasteiger partial charge in [-0.3, -0.25) is 5.10 Å². The Hall–Kier alpha value is -1.53. The number of aromatic amines is 1. The molecule has 1 aliphatic rings. The van der Waals surface area contributed by atoms with Crippen molar-refractivity contribution >= 4 is 15.9 Å². The molecule has 0 amide bonds. The summed E-state index contributed by atoms with van der Waals surface area (Å²) < 4.78 is 12.4. The van der Waals surface area contributed by atoms with Gasteiger partial charge >= 0.3 is 0 Å². The summed E-state index contributed by atoms with van der Waals surface area (Å²) in [7, 11) is 0. The molecule has 21 heavy (non-hydrogen) atoms. The van der Waals surface area contributed by atoms with Gasteiger partial charge in [-0.25, -0.2) is 0 Å². The number of aromatic nitrogens is 2. The van der Waals surface area contributed by atoms with Crippen LogP contribution in [0.3, 0.4) is 0 Å². The van der Waals surface area contributed by atoms with Gasteiger partial charge in [-0.1, -0.05) is 0 Å². The molecule has 3 rings (SSSR count). The van der Waals surface area contributed by atoms with Crippen LogP contribution < -0.4 is 14.8 Å². The molecule has 2 aromatic rings. The number of hydrogen-bond donors (Lipinski definition) is 2. The fraction of sp³-hybridized carbons (Fsp3) is 0.400. The normalized spacial score (nSPS) is 14.0. The average molecular weight is 352 g/mol. The van der Waals surface area contributed by atoms with E-state index >= 15 is 0 Å². The summed E-state index contributed by atoms with van der Waals surface area (Å²) in [5.74, 6) is 1.63. The van der Waals surface area contributed by atoms with E-state index in [0.717, 1.165) is 46.7 Å². The first-order valence-corrected chi connectivity index (χ1v) is 7.81. The lowest BCUT2D eigenvalue weighted by molar-refractivity contribution is 0.296. The third-order valence-electron chi connectivity index (χ3n) is 3.44. The van der Waals surface area contributed by atoms with E-state index in [1.54, 1.807) is 0 Å². The smallest absolute Gasteiger partial charge is 0.175 e. The van der Waals surface area contributed by atoms with Crippen LogP contribution in [-0.2, 0) is 13.1 Å². The number of H-pyrrole nitrogens is 1. The molecule has 5 nitrogen and oxygen atoms in total. The maximum Gasteiger partial charge on any atom is 0.175 e. The van der Waals surface area contributed by atoms with Crippen LogP contribution in [-0.4, -0.2) is 23.4 Å². The second kappa shape index (κ2) is 6.49. The zero-order valence-corrected chi connectivity index (χ0v) is 13.5. The lowest BCUT2D eigenvalue weighted by Crippen LogP contribution is -2.13. The molecular weight excluding hydrogens is 334 g/mol. The molecule has 0 radical (unpaired) electrons. The highest BCUT2D eigenvalue weighted by Gasteiger charge is 2.15. The summed E-state index contributed by atoms with van der Waals surface area (Å²) in [4.78, 5) is 0. The minimum atomic E-state index is 0.697. The van der Waals surface area contributed by atoms with Crippen LogP contribution in [0.1, 0.15) is 23.2 Å². The molecule has 112 valence electrons. The molecule has 1 aromatic heterocycles. The molecular formula is C15H18BrN3O2. The Morgan fingerprint density at radius 3 is 2.95 bits per heavy atom. The molecule has 1 aliphatic heterocycles. The quantitative estimate of drug-likeness (QED) is 0.888. The van der Waals surface area contributed by atoms with Gasteiger partial charge in [-0.15, -0.1) is 0 Å². The van der Waals surface area contributed by atoms with E-state index in [2.05, 4.69) is 37.5 Å². The molecule has 0 spiro atoms. The first-order valence-electron chi connectivity index (χ1n) is 7.01. The number of nitrogens with zero attached hydrogens (tertiary/aromatic N) is 1. The first kappa shape index (κ1) is 14.4. The third-order valence-corrected chi connectivity index (χ3v) is 4.03. The lowest BCUT2D eigenvalue weighted by atomic mass is 10.2. The molecule has 0 aliphatic carbocycles. The Kier molecular flexibility index (Phi) is 4.45. The molecule has 0 bridgehead atoms. The van der Waals surface area contributed by atoms with Crippen molar-refractivity contribution < 1.29 is 9.47 Å². The standard InChI is InChI=1S/C15H18BrN3O2/c1-10-12(9-18-19-10)8-17-7-11-5-13(16)15-14(6-11)20-3-2-4-21-15/h5-6,9,17H,2-4,7-8H2,1H3,(H,18,19). The van der Waals surface area contributed by atoms with Crippen molar-refractivity contribution in [3.63, 3.8) is 0 Å². The van der Waals surface area contributed by atoms with Crippen molar-refractivity contribution in [2.24, 2.45) is 0 Å². The maximum atomic E-state index is 5.74. The van der Waals surface area contributed by atoms with Crippen LogP contribution in [0.5, 0.6) is 11.5 Å². The minimum Gasteiger partial charge on any atom is -0.490 e. The summed E-state index contributed by atoms with van der Waals surface area (Å²) in [6.07, 6.45) is 2.76. The van der Waals surface area contributed by atoms with Gasteiger partial charge in [0.1, 0.15) is 0 Å². The van der Waals surface area contributed by atoms with Gasteiger partial charge < -0.3 is 14.8 Å². The van der Waals surface area contributed by atoms with Crippen molar-refractivity contribution in [1.82, 2.24) is 15.5 Å². The molecule has 2 N–H and O–H groups in total. The zero-order chi connectivity index (χ0) is 14.7. The van der Waals surface area contributed by atoms with Gasteiger partial charge in [0.05, 0.1) is 23.9 Å². The highest BCUT2D eigenvalue weighted by molar-refractivity contribution is 9.10. The Morgan fingerprint density at radius 1 is 1.29 bits per heavy atom. The van der Waals surface area contributed by atoms with E-state index in [0.29, 0.717) is 13.2 Å². The Bertz CT molecular complexity index is 627. The molecule has 0 unspecified atom stereocenters. The molecule has 0 saturated carbocycles. The Morgan fingerprint density at radius 2 is 2.14 bits per heavy atom. The van der Waals surface area contributed by atoms with Crippen LogP contribution in [0.4, 0.5) is 0 Å². The van der Waals surface area contributed by atoms with E-state index in [4.69, 9.17) is 9.47 Å². The van der Waals surface area contributed by atoms with Gasteiger partial charge in [-0.05, 0) is 40.5 Å². The number of aryl methyl sites for hydroxylation is 1. The van der Waals surface area contributed by atoms with E-state index in [1.807, 2.05) is 19.2 Å². The molecule has 1 aromatic carbocycles. The van der Waals surface area contributed by atoms with Crippen LogP contribution in [0, 0.1) is 6.92 Å². The van der Waals surface area contributed by atoms with Crippen molar-refractivity contribution in [1.29, 1.82) is 0 Å². The van der Waals surface area contributed by atoms with Crippen LogP contribution in [0.15, 0.2) is 22.8 Å². The number of halogens is 1. The highest BCUT2D eigenvalue weighted by atomic mass is 79.9. The topological polar surface area (TPSA) is 59.2 Å². The fourth-order valence-corrected chi connectivity index (χ4v) is 2.89. The summed E-state index contributed by atoms with van der Waals surface area (Å²) >= 11 is 3.56. The molecule has 0 fully saturated rings. The predicted molar refractivity (Wildman–Crippen MR) is 83.6 cm³/mol. The van der Waals surface area contributed by atoms with E-state index in [1.165, 1.54) is 5.56 Å². The van der Waals surface area contributed by atoms with Gasteiger partial charge in [-0.2, -0.15) is 5.10 Å². The summed E-state index contributed by atoms with van der Waals surface area (Å²) in [5, 5.41) is 10.4. The summed E-state index contributed by atoms with van der Waals surface area (Å²) in [6, 6.07) is 4.11. The fourth-order valence-electron chi connectivity index (χ4n) is 2.28. The van der Waals surface area contributed by atoms with Crippen molar-refractivity contribution in [2.75, 3.05) is 13.2 Å². The SMILES string of the molecule is Cc1[nH]ncc1CNCc1cc(Br)c2c(c1)OCCCO2. The van der Waals surface area contributed by atoms with Crippen LogP contribution in [0.25, 0.3) is 0 Å². The van der Waals surface area contributed by atoms with E-state index in [9.17, 15) is 0 Å². The second-order valence-corrected chi connectivity index (χ2v) is 5.93. The first-order chi connectivity index (χ1) is 10.2. The molecule has 0 saturated heterocycles. The number of rotatable bonds is 4. The van der Waals surface area contributed by atoms with Crippen LogP contribution >= 0.6 is 15.9 Å². The maximum absolute atomic E-state index is 5.74. The summed E-state index contributed by atoms with van der Waals surface area (Å²) in [5.41, 5.74) is 3.44. The van der Waals surface area contributed by atoms with Crippen LogP contribution in [0.2, 0.25) is 0 Å². The molecule has 6 heteroatoms. The highest BCUT2D eigenvalue weighted by Crippen LogP contribution is 2.38.